The number of nitrogens with zero attached hydrogens (tertiary/aromatic N) is 1. The predicted molar refractivity (Wildman–Crippen MR) is 88.6 cm³/mol. The maximum Gasteiger partial charge on any atom is 0.246 e. The van der Waals surface area contributed by atoms with E-state index in [0.717, 1.165) is 25.0 Å². The number of ether oxygens (including phenoxy) is 2. The zero-order valence-electron chi connectivity index (χ0n) is 13.2. The molecule has 7 heteroatoms. The van der Waals surface area contributed by atoms with Crippen LogP contribution < -0.4 is 5.32 Å². The van der Waals surface area contributed by atoms with Crippen molar-refractivity contribution >= 4 is 17.5 Å². The predicted octanol–water partition coefficient (Wildman–Crippen LogP) is 2.81. The van der Waals surface area contributed by atoms with Crippen LogP contribution in [0.15, 0.2) is 34.9 Å². The summed E-state index contributed by atoms with van der Waals surface area (Å²) in [5.41, 5.74) is 1.39. The van der Waals surface area contributed by atoms with E-state index < -0.39 is 0 Å². The highest BCUT2D eigenvalue weighted by Gasteiger charge is 2.16. The molecule has 6 nitrogen and oxygen atoms in total. The molecular weight excluding hydrogens is 332 g/mol. The molecule has 2 aromatic rings. The fraction of sp³-hybridized carbons (Fsp3) is 0.412. The first-order valence-electron chi connectivity index (χ1n) is 7.89. The summed E-state index contributed by atoms with van der Waals surface area (Å²) in [7, 11) is 0. The van der Waals surface area contributed by atoms with Crippen LogP contribution in [0, 0.1) is 0 Å². The van der Waals surface area contributed by atoms with Gasteiger partial charge < -0.3 is 19.3 Å². The van der Waals surface area contributed by atoms with Crippen molar-refractivity contribution in [1.82, 2.24) is 10.5 Å². The number of rotatable bonds is 7. The minimum atomic E-state index is -0.199. The van der Waals surface area contributed by atoms with Crippen molar-refractivity contribution in [3.05, 3.63) is 41.0 Å². The molecule has 0 radical (unpaired) electrons. The molecule has 128 valence electrons. The van der Waals surface area contributed by atoms with Gasteiger partial charge in [-0.2, -0.15) is 0 Å². The Bertz CT molecular complexity index is 683. The van der Waals surface area contributed by atoms with Crippen molar-refractivity contribution < 1.29 is 18.8 Å². The molecule has 0 saturated carbocycles. The van der Waals surface area contributed by atoms with E-state index in [0.29, 0.717) is 23.1 Å². The van der Waals surface area contributed by atoms with Crippen LogP contribution in [0.5, 0.6) is 0 Å². The van der Waals surface area contributed by atoms with Crippen LogP contribution in [0.4, 0.5) is 0 Å². The van der Waals surface area contributed by atoms with Crippen LogP contribution in [-0.2, 0) is 20.8 Å². The summed E-state index contributed by atoms with van der Waals surface area (Å²) in [5.74, 6) is 0.370. The third-order valence-corrected chi connectivity index (χ3v) is 4.06. The second-order valence-electron chi connectivity index (χ2n) is 5.59. The van der Waals surface area contributed by atoms with Gasteiger partial charge in [-0.15, -0.1) is 0 Å². The van der Waals surface area contributed by atoms with Crippen molar-refractivity contribution in [3.63, 3.8) is 0 Å². The maximum atomic E-state index is 11.8. The number of amides is 1. The van der Waals surface area contributed by atoms with Crippen molar-refractivity contribution in [1.29, 1.82) is 0 Å². The molecule has 0 spiro atoms. The Morgan fingerprint density at radius 2 is 2.29 bits per heavy atom. The van der Waals surface area contributed by atoms with Crippen LogP contribution >= 0.6 is 11.6 Å². The summed E-state index contributed by atoms with van der Waals surface area (Å²) in [6.45, 7) is 1.51. The molecule has 1 fully saturated rings. The first-order valence-corrected chi connectivity index (χ1v) is 8.26. The van der Waals surface area contributed by atoms with Gasteiger partial charge in [0.2, 0.25) is 5.91 Å². The molecule has 1 saturated heterocycles. The van der Waals surface area contributed by atoms with Gasteiger partial charge in [-0.1, -0.05) is 28.9 Å². The van der Waals surface area contributed by atoms with Gasteiger partial charge in [-0.05, 0) is 25.0 Å². The lowest BCUT2D eigenvalue weighted by Gasteiger charge is -2.09. The third-order valence-electron chi connectivity index (χ3n) is 3.73. The summed E-state index contributed by atoms with van der Waals surface area (Å²) in [6, 6.07) is 9.11. The Hall–Kier alpha value is -1.89. The number of nitrogens with one attached hydrogen (secondary N) is 1. The van der Waals surface area contributed by atoms with Crippen molar-refractivity contribution in [2.75, 3.05) is 19.8 Å². The van der Waals surface area contributed by atoms with Gasteiger partial charge in [0.25, 0.3) is 0 Å². The van der Waals surface area contributed by atoms with Gasteiger partial charge in [0.1, 0.15) is 12.3 Å². The number of hydrogen-bond donors (Lipinski definition) is 1. The Kier molecular flexibility index (Phi) is 5.85. The number of halogens is 1. The number of benzene rings is 1. The molecule has 24 heavy (non-hydrogen) atoms. The van der Waals surface area contributed by atoms with Crippen molar-refractivity contribution in [3.8, 4) is 11.3 Å². The summed E-state index contributed by atoms with van der Waals surface area (Å²) in [6.07, 6.45) is 2.16. The Labute approximate surface area is 145 Å². The Morgan fingerprint density at radius 3 is 3.08 bits per heavy atom. The van der Waals surface area contributed by atoms with E-state index in [1.165, 1.54) is 0 Å². The first-order chi connectivity index (χ1) is 11.7. The van der Waals surface area contributed by atoms with Gasteiger partial charge >= 0.3 is 0 Å². The normalized spacial score (nSPS) is 17.1. The second-order valence-corrected chi connectivity index (χ2v) is 6.00. The zero-order chi connectivity index (χ0) is 16.8. The second kappa shape index (κ2) is 8.28. The van der Waals surface area contributed by atoms with Crippen LogP contribution in [0.1, 0.15) is 18.5 Å². The fourth-order valence-corrected chi connectivity index (χ4v) is 2.71. The lowest BCUT2D eigenvalue weighted by Crippen LogP contribution is -2.28. The van der Waals surface area contributed by atoms with Gasteiger partial charge in [-0.25, -0.2) is 0 Å². The van der Waals surface area contributed by atoms with E-state index in [-0.39, 0.29) is 25.2 Å². The minimum Gasteiger partial charge on any atom is -0.376 e. The summed E-state index contributed by atoms with van der Waals surface area (Å²) in [4.78, 5) is 11.8. The van der Waals surface area contributed by atoms with E-state index in [1.54, 1.807) is 12.1 Å². The van der Waals surface area contributed by atoms with E-state index in [4.69, 9.17) is 25.6 Å². The van der Waals surface area contributed by atoms with Crippen molar-refractivity contribution in [2.24, 2.45) is 0 Å². The van der Waals surface area contributed by atoms with Crippen molar-refractivity contribution in [2.45, 2.75) is 25.5 Å². The van der Waals surface area contributed by atoms with Gasteiger partial charge in [-0.3, -0.25) is 4.79 Å². The molecule has 0 unspecified atom stereocenters. The highest BCUT2D eigenvalue weighted by atomic mass is 35.5. The fourth-order valence-electron chi connectivity index (χ4n) is 2.48. The average molecular weight is 351 g/mol. The van der Waals surface area contributed by atoms with E-state index >= 15 is 0 Å². The largest absolute Gasteiger partial charge is 0.376 e. The third kappa shape index (κ3) is 4.56. The van der Waals surface area contributed by atoms with Crippen LogP contribution in [0.25, 0.3) is 11.3 Å². The first kappa shape index (κ1) is 17.0. The summed E-state index contributed by atoms with van der Waals surface area (Å²) < 4.78 is 16.1. The lowest BCUT2D eigenvalue weighted by molar-refractivity contribution is -0.127. The Morgan fingerprint density at radius 1 is 1.42 bits per heavy atom. The highest BCUT2D eigenvalue weighted by Crippen LogP contribution is 2.27. The van der Waals surface area contributed by atoms with Crippen LogP contribution in [0.3, 0.4) is 0 Å². The topological polar surface area (TPSA) is 73.6 Å². The summed E-state index contributed by atoms with van der Waals surface area (Å²) >= 11 is 6.12. The molecule has 1 N–H and O–H groups in total. The number of carbonyl (C=O) groups excluding carboxylic acids is 1. The summed E-state index contributed by atoms with van der Waals surface area (Å²) in [5, 5.41) is 7.27. The smallest absolute Gasteiger partial charge is 0.246 e. The lowest BCUT2D eigenvalue weighted by atomic mass is 10.1. The van der Waals surface area contributed by atoms with Gasteiger partial charge in [0, 0.05) is 18.2 Å². The van der Waals surface area contributed by atoms with Gasteiger partial charge in [0.15, 0.2) is 5.76 Å². The molecule has 3 rings (SSSR count). The molecule has 1 aromatic heterocycles. The number of carbonyl (C=O) groups is 1. The number of aromatic nitrogens is 1. The van der Waals surface area contributed by atoms with E-state index in [9.17, 15) is 4.79 Å². The van der Waals surface area contributed by atoms with Crippen LogP contribution in [0.2, 0.25) is 5.02 Å². The number of hydrogen-bond acceptors (Lipinski definition) is 5. The molecule has 1 aliphatic heterocycles. The highest BCUT2D eigenvalue weighted by molar-refractivity contribution is 6.33. The monoisotopic (exact) mass is 350 g/mol. The zero-order valence-corrected chi connectivity index (χ0v) is 13.9. The van der Waals surface area contributed by atoms with Gasteiger partial charge in [0.05, 0.1) is 24.3 Å². The minimum absolute atomic E-state index is 0.00901. The Balaban J connectivity index is 1.43. The average Bonchev–Trinajstić information content (AvgIpc) is 3.25. The quantitative estimate of drug-likeness (QED) is 0.831. The molecule has 2 heterocycles. The molecular formula is C17H19ClN2O4. The van der Waals surface area contributed by atoms with E-state index in [1.807, 2.05) is 18.2 Å². The maximum absolute atomic E-state index is 11.8. The molecule has 1 aliphatic rings. The molecule has 1 atom stereocenters. The molecule has 1 amide bonds. The van der Waals surface area contributed by atoms with E-state index in [2.05, 4.69) is 10.5 Å². The molecule has 1 aromatic carbocycles. The standard InChI is InChI=1S/C17H19ClN2O4/c18-15-6-2-1-5-14(15)16-8-12(20-24-16)9-19-17(21)11-22-10-13-4-3-7-23-13/h1-2,5-6,8,13H,3-4,7,9-11H2,(H,19,21)/t13-/m0/s1. The SMILES string of the molecule is O=C(COC[C@@H]1CCCO1)NCc1cc(-c2ccccc2Cl)on1. The molecule has 0 aliphatic carbocycles. The van der Waals surface area contributed by atoms with Crippen LogP contribution in [-0.4, -0.2) is 37.0 Å². The molecule has 0 bridgehead atoms.